The van der Waals surface area contributed by atoms with Crippen molar-refractivity contribution in [2.45, 2.75) is 32.4 Å². The van der Waals surface area contributed by atoms with Crippen molar-refractivity contribution in [1.82, 2.24) is 10.2 Å². The molecule has 0 radical (unpaired) electrons. The molecule has 1 saturated heterocycles. The molecule has 14 heavy (non-hydrogen) atoms. The fourth-order valence-electron chi connectivity index (χ4n) is 1.74. The largest absolute Gasteiger partial charge is 0.325 e. The Morgan fingerprint density at radius 3 is 2.71 bits per heavy atom. The first kappa shape index (κ1) is 11.0. The summed E-state index contributed by atoms with van der Waals surface area (Å²) in [5.74, 6) is 0.0516. The van der Waals surface area contributed by atoms with Gasteiger partial charge in [0.05, 0.1) is 6.07 Å². The van der Waals surface area contributed by atoms with Gasteiger partial charge in [0.25, 0.3) is 0 Å². The maximum Gasteiger partial charge on any atom is 0.226 e. The van der Waals surface area contributed by atoms with Gasteiger partial charge in [-0.05, 0) is 13.5 Å². The lowest BCUT2D eigenvalue weighted by atomic mass is 10.1. The molecule has 0 aromatic carbocycles. The summed E-state index contributed by atoms with van der Waals surface area (Å²) in [4.78, 5) is 13.4. The molecule has 0 spiro atoms. The second kappa shape index (κ2) is 4.43. The molecule has 1 aliphatic heterocycles. The fraction of sp³-hybridized carbons (Fsp3) is 0.800. The van der Waals surface area contributed by atoms with Gasteiger partial charge in [0, 0.05) is 18.5 Å². The summed E-state index contributed by atoms with van der Waals surface area (Å²) in [6.07, 6.45) is 0.742. The van der Waals surface area contributed by atoms with Crippen molar-refractivity contribution in [3.05, 3.63) is 0 Å². The maximum atomic E-state index is 11.7. The number of likely N-dealkylation sites (N-methyl/N-ethyl adjacent to an activating group) is 1. The molecule has 78 valence electrons. The normalized spacial score (nSPS) is 26.6. The minimum absolute atomic E-state index is 0.0264. The molecule has 1 N–H and O–H groups in total. The lowest BCUT2D eigenvalue weighted by Gasteiger charge is -2.21. The zero-order chi connectivity index (χ0) is 10.7. The average Bonchev–Trinajstić information content (AvgIpc) is 2.59. The molecule has 1 rings (SSSR count). The monoisotopic (exact) mass is 195 g/mol. The number of carbonyl (C=O) groups excluding carboxylic acids is 1. The van der Waals surface area contributed by atoms with Crippen LogP contribution in [0.15, 0.2) is 0 Å². The van der Waals surface area contributed by atoms with E-state index >= 15 is 0 Å². The van der Waals surface area contributed by atoms with Gasteiger partial charge in [0.15, 0.2) is 0 Å². The van der Waals surface area contributed by atoms with Gasteiger partial charge in [-0.1, -0.05) is 13.8 Å². The number of nitrogens with zero attached hydrogens (tertiary/aromatic N) is 2. The van der Waals surface area contributed by atoms with Gasteiger partial charge in [-0.15, -0.1) is 0 Å². The van der Waals surface area contributed by atoms with Crippen LogP contribution in [0.5, 0.6) is 0 Å². The summed E-state index contributed by atoms with van der Waals surface area (Å²) >= 11 is 0. The molecule has 0 aromatic heterocycles. The van der Waals surface area contributed by atoms with Gasteiger partial charge >= 0.3 is 0 Å². The van der Waals surface area contributed by atoms with Crippen LogP contribution < -0.4 is 5.32 Å². The second-order valence-corrected chi connectivity index (χ2v) is 4.01. The molecule has 0 unspecified atom stereocenters. The minimum Gasteiger partial charge on any atom is -0.325 e. The topological polar surface area (TPSA) is 56.1 Å². The highest BCUT2D eigenvalue weighted by molar-refractivity contribution is 5.79. The number of nitriles is 1. The molecule has 2 atom stereocenters. The molecule has 0 aliphatic carbocycles. The van der Waals surface area contributed by atoms with E-state index in [1.807, 2.05) is 20.9 Å². The van der Waals surface area contributed by atoms with E-state index in [9.17, 15) is 4.79 Å². The van der Waals surface area contributed by atoms with Crippen molar-refractivity contribution < 1.29 is 4.79 Å². The number of hydrogen-bond donors (Lipinski definition) is 1. The third-order valence-electron chi connectivity index (χ3n) is 2.64. The standard InChI is InChI=1S/C10H17N3O/c1-7(2)10(14)13-6-8(12-3)4-9(13)5-11/h7-9,12H,4,6H2,1-3H3/t8-,9-/m0/s1. The summed E-state index contributed by atoms with van der Waals surface area (Å²) in [6, 6.07) is 2.20. The fourth-order valence-corrected chi connectivity index (χ4v) is 1.74. The number of nitrogens with one attached hydrogen (secondary N) is 1. The Hall–Kier alpha value is -1.08. The predicted octanol–water partition coefficient (Wildman–Crippen LogP) is 0.355. The van der Waals surface area contributed by atoms with Crippen molar-refractivity contribution in [1.29, 1.82) is 5.26 Å². The Morgan fingerprint density at radius 2 is 2.29 bits per heavy atom. The van der Waals surface area contributed by atoms with Crippen LogP contribution >= 0.6 is 0 Å². The molecule has 0 saturated carbocycles. The first-order valence-electron chi connectivity index (χ1n) is 4.97. The van der Waals surface area contributed by atoms with Gasteiger partial charge in [-0.3, -0.25) is 4.79 Å². The highest BCUT2D eigenvalue weighted by atomic mass is 16.2. The van der Waals surface area contributed by atoms with E-state index in [2.05, 4.69) is 11.4 Å². The summed E-state index contributed by atoms with van der Waals surface area (Å²) in [5.41, 5.74) is 0. The summed E-state index contributed by atoms with van der Waals surface area (Å²) in [6.45, 7) is 4.39. The molecule has 4 heteroatoms. The molecule has 1 fully saturated rings. The number of likely N-dealkylation sites (tertiary alicyclic amines) is 1. The van der Waals surface area contributed by atoms with E-state index in [1.54, 1.807) is 4.90 Å². The number of amides is 1. The van der Waals surface area contributed by atoms with E-state index < -0.39 is 0 Å². The van der Waals surface area contributed by atoms with Gasteiger partial charge in [0.1, 0.15) is 6.04 Å². The summed E-state index contributed by atoms with van der Waals surface area (Å²) in [7, 11) is 1.86. The SMILES string of the molecule is CN[C@H]1C[C@@H](C#N)N(C(=O)C(C)C)C1. The number of carbonyl (C=O) groups is 1. The van der Waals surface area contributed by atoms with Gasteiger partial charge in [-0.25, -0.2) is 0 Å². The van der Waals surface area contributed by atoms with Crippen LogP contribution in [0, 0.1) is 17.2 Å². The van der Waals surface area contributed by atoms with Crippen LogP contribution in [0.2, 0.25) is 0 Å². The van der Waals surface area contributed by atoms with Gasteiger partial charge in [0.2, 0.25) is 5.91 Å². The predicted molar refractivity (Wildman–Crippen MR) is 53.4 cm³/mol. The first-order chi connectivity index (χ1) is 6.60. The van der Waals surface area contributed by atoms with Crippen molar-refractivity contribution in [2.24, 2.45) is 5.92 Å². The zero-order valence-electron chi connectivity index (χ0n) is 8.95. The maximum absolute atomic E-state index is 11.7. The Labute approximate surface area is 84.9 Å². The van der Waals surface area contributed by atoms with Gasteiger partial charge < -0.3 is 10.2 Å². The summed E-state index contributed by atoms with van der Waals surface area (Å²) < 4.78 is 0. The van der Waals surface area contributed by atoms with Crippen molar-refractivity contribution >= 4 is 5.91 Å². The van der Waals surface area contributed by atoms with E-state index in [-0.39, 0.29) is 23.9 Å². The number of hydrogen-bond acceptors (Lipinski definition) is 3. The van der Waals surface area contributed by atoms with E-state index in [1.165, 1.54) is 0 Å². The molecule has 4 nitrogen and oxygen atoms in total. The minimum atomic E-state index is -0.248. The van der Waals surface area contributed by atoms with E-state index in [0.717, 1.165) is 6.42 Å². The van der Waals surface area contributed by atoms with Crippen LogP contribution in [0.25, 0.3) is 0 Å². The Balaban J connectivity index is 2.69. The van der Waals surface area contributed by atoms with Gasteiger partial charge in [-0.2, -0.15) is 5.26 Å². The van der Waals surface area contributed by atoms with Crippen molar-refractivity contribution in [3.8, 4) is 6.07 Å². The highest BCUT2D eigenvalue weighted by Gasteiger charge is 2.35. The Bertz CT molecular complexity index is 257. The molecular weight excluding hydrogens is 178 g/mol. The van der Waals surface area contributed by atoms with Crippen LogP contribution in [-0.2, 0) is 4.79 Å². The number of rotatable bonds is 2. The lowest BCUT2D eigenvalue weighted by molar-refractivity contribution is -0.134. The molecule has 1 aliphatic rings. The first-order valence-corrected chi connectivity index (χ1v) is 4.97. The van der Waals surface area contributed by atoms with Crippen LogP contribution in [0.4, 0.5) is 0 Å². The Kier molecular flexibility index (Phi) is 3.48. The van der Waals surface area contributed by atoms with E-state index in [4.69, 9.17) is 5.26 Å². The van der Waals surface area contributed by atoms with Crippen LogP contribution in [0.1, 0.15) is 20.3 Å². The molecular formula is C10H17N3O. The Morgan fingerprint density at radius 1 is 1.64 bits per heavy atom. The quantitative estimate of drug-likeness (QED) is 0.692. The van der Waals surface area contributed by atoms with Crippen LogP contribution in [0.3, 0.4) is 0 Å². The smallest absolute Gasteiger partial charge is 0.226 e. The van der Waals surface area contributed by atoms with E-state index in [0.29, 0.717) is 6.54 Å². The zero-order valence-corrected chi connectivity index (χ0v) is 8.95. The third-order valence-corrected chi connectivity index (χ3v) is 2.64. The lowest BCUT2D eigenvalue weighted by Crippen LogP contribution is -2.38. The average molecular weight is 195 g/mol. The third kappa shape index (κ3) is 2.05. The molecule has 1 amide bonds. The van der Waals surface area contributed by atoms with Crippen molar-refractivity contribution in [3.63, 3.8) is 0 Å². The van der Waals surface area contributed by atoms with Crippen LogP contribution in [-0.4, -0.2) is 36.5 Å². The summed E-state index contributed by atoms with van der Waals surface area (Å²) in [5, 5.41) is 12.0. The van der Waals surface area contributed by atoms with Crippen molar-refractivity contribution in [2.75, 3.05) is 13.6 Å². The molecule has 0 aromatic rings. The molecule has 0 bridgehead atoms. The second-order valence-electron chi connectivity index (χ2n) is 4.01. The highest BCUT2D eigenvalue weighted by Crippen LogP contribution is 2.19. The molecule has 1 heterocycles.